The van der Waals surface area contributed by atoms with Crippen molar-refractivity contribution in [2.45, 2.75) is 23.5 Å². The second-order valence-electron chi connectivity index (χ2n) is 5.10. The second kappa shape index (κ2) is 8.58. The predicted octanol–water partition coefficient (Wildman–Crippen LogP) is 3.67. The SMILES string of the molecule is COc1ccc(S[C@@H](C)C(=O)NCCc2ccc(F)cc2)cc1. The lowest BCUT2D eigenvalue weighted by molar-refractivity contribution is -0.120. The summed E-state index contributed by atoms with van der Waals surface area (Å²) in [4.78, 5) is 13.1. The van der Waals surface area contributed by atoms with Crippen molar-refractivity contribution in [3.63, 3.8) is 0 Å². The highest BCUT2D eigenvalue weighted by Crippen LogP contribution is 2.25. The van der Waals surface area contributed by atoms with E-state index >= 15 is 0 Å². The van der Waals surface area contributed by atoms with Crippen LogP contribution in [0.5, 0.6) is 5.75 Å². The van der Waals surface area contributed by atoms with Crippen molar-refractivity contribution in [3.05, 3.63) is 59.9 Å². The van der Waals surface area contributed by atoms with E-state index in [1.807, 2.05) is 31.2 Å². The molecule has 0 spiro atoms. The molecule has 1 N–H and O–H groups in total. The van der Waals surface area contributed by atoms with E-state index in [0.717, 1.165) is 16.2 Å². The van der Waals surface area contributed by atoms with Gasteiger partial charge in [-0.1, -0.05) is 12.1 Å². The normalized spacial score (nSPS) is 11.8. The van der Waals surface area contributed by atoms with Gasteiger partial charge in [0.15, 0.2) is 0 Å². The molecule has 0 saturated carbocycles. The first-order chi connectivity index (χ1) is 11.1. The lowest BCUT2D eigenvalue weighted by Crippen LogP contribution is -2.32. The summed E-state index contributed by atoms with van der Waals surface area (Å²) in [6.07, 6.45) is 0.686. The van der Waals surface area contributed by atoms with Gasteiger partial charge in [0.25, 0.3) is 0 Å². The Kier molecular flexibility index (Phi) is 6.47. The van der Waals surface area contributed by atoms with E-state index in [-0.39, 0.29) is 17.0 Å². The molecule has 0 aromatic heterocycles. The Morgan fingerprint density at radius 1 is 1.17 bits per heavy atom. The van der Waals surface area contributed by atoms with Crippen molar-refractivity contribution in [2.75, 3.05) is 13.7 Å². The van der Waals surface area contributed by atoms with Gasteiger partial charge in [-0.2, -0.15) is 0 Å². The number of carbonyl (C=O) groups excluding carboxylic acids is 1. The maximum Gasteiger partial charge on any atom is 0.233 e. The molecular formula is C18H20FNO2S. The lowest BCUT2D eigenvalue weighted by atomic mass is 10.1. The van der Waals surface area contributed by atoms with Gasteiger partial charge in [0.2, 0.25) is 5.91 Å². The number of methoxy groups -OCH3 is 1. The van der Waals surface area contributed by atoms with Gasteiger partial charge in [-0.15, -0.1) is 11.8 Å². The number of ether oxygens (including phenoxy) is 1. The van der Waals surface area contributed by atoms with Crippen LogP contribution >= 0.6 is 11.8 Å². The minimum Gasteiger partial charge on any atom is -0.497 e. The molecule has 0 heterocycles. The van der Waals surface area contributed by atoms with Crippen molar-refractivity contribution in [2.24, 2.45) is 0 Å². The molecule has 1 atom stereocenters. The third-order valence-corrected chi connectivity index (χ3v) is 4.48. The molecule has 0 bridgehead atoms. The summed E-state index contributed by atoms with van der Waals surface area (Å²) in [5.41, 5.74) is 1.00. The predicted molar refractivity (Wildman–Crippen MR) is 91.4 cm³/mol. The molecule has 0 saturated heterocycles. The van der Waals surface area contributed by atoms with Gasteiger partial charge in [-0.3, -0.25) is 4.79 Å². The number of carbonyl (C=O) groups is 1. The van der Waals surface area contributed by atoms with E-state index in [9.17, 15) is 9.18 Å². The topological polar surface area (TPSA) is 38.3 Å². The summed E-state index contributed by atoms with van der Waals surface area (Å²) in [5, 5.41) is 2.73. The molecule has 0 unspecified atom stereocenters. The standard InChI is InChI=1S/C18H20FNO2S/c1-13(23-17-9-7-16(22-2)8-10-17)18(21)20-12-11-14-3-5-15(19)6-4-14/h3-10,13H,11-12H2,1-2H3,(H,20,21)/t13-/m0/s1. The van der Waals surface area contributed by atoms with Gasteiger partial charge in [0, 0.05) is 11.4 Å². The Labute approximate surface area is 140 Å². The van der Waals surface area contributed by atoms with E-state index in [1.54, 1.807) is 19.2 Å². The smallest absolute Gasteiger partial charge is 0.233 e. The van der Waals surface area contributed by atoms with Gasteiger partial charge in [-0.25, -0.2) is 4.39 Å². The Bertz CT molecular complexity index is 628. The average Bonchev–Trinajstić information content (AvgIpc) is 2.57. The maximum atomic E-state index is 12.8. The number of benzene rings is 2. The number of thioether (sulfide) groups is 1. The fourth-order valence-electron chi connectivity index (χ4n) is 2.04. The summed E-state index contributed by atoms with van der Waals surface area (Å²) >= 11 is 1.50. The molecule has 122 valence electrons. The van der Waals surface area contributed by atoms with E-state index in [4.69, 9.17) is 4.74 Å². The zero-order valence-corrected chi connectivity index (χ0v) is 14.0. The van der Waals surface area contributed by atoms with Crippen LogP contribution in [0.3, 0.4) is 0 Å². The molecule has 0 aliphatic heterocycles. The third-order valence-electron chi connectivity index (χ3n) is 3.37. The van der Waals surface area contributed by atoms with E-state index in [2.05, 4.69) is 5.32 Å². The largest absolute Gasteiger partial charge is 0.497 e. The lowest BCUT2D eigenvalue weighted by Gasteiger charge is -2.12. The van der Waals surface area contributed by atoms with Gasteiger partial charge in [0.1, 0.15) is 11.6 Å². The monoisotopic (exact) mass is 333 g/mol. The van der Waals surface area contributed by atoms with Crippen LogP contribution in [0, 0.1) is 5.82 Å². The first-order valence-corrected chi connectivity index (χ1v) is 8.29. The van der Waals surface area contributed by atoms with Crippen molar-refractivity contribution in [3.8, 4) is 5.75 Å². The van der Waals surface area contributed by atoms with Crippen LogP contribution in [0.25, 0.3) is 0 Å². The maximum absolute atomic E-state index is 12.8. The first-order valence-electron chi connectivity index (χ1n) is 7.41. The van der Waals surface area contributed by atoms with Crippen LogP contribution in [0.2, 0.25) is 0 Å². The van der Waals surface area contributed by atoms with Crippen molar-refractivity contribution < 1.29 is 13.9 Å². The molecule has 0 aliphatic carbocycles. The Morgan fingerprint density at radius 2 is 1.83 bits per heavy atom. The second-order valence-corrected chi connectivity index (χ2v) is 6.52. The number of hydrogen-bond acceptors (Lipinski definition) is 3. The highest BCUT2D eigenvalue weighted by molar-refractivity contribution is 8.00. The van der Waals surface area contributed by atoms with Crippen LogP contribution in [-0.2, 0) is 11.2 Å². The quantitative estimate of drug-likeness (QED) is 0.786. The summed E-state index contributed by atoms with van der Waals surface area (Å²) in [5.74, 6) is 0.543. The number of amides is 1. The first kappa shape index (κ1) is 17.3. The van der Waals surface area contributed by atoms with Gasteiger partial charge in [-0.05, 0) is 55.3 Å². The van der Waals surface area contributed by atoms with E-state index in [1.165, 1.54) is 23.9 Å². The van der Waals surface area contributed by atoms with Gasteiger partial charge < -0.3 is 10.1 Å². The summed E-state index contributed by atoms with van der Waals surface area (Å²) in [6.45, 7) is 2.42. The molecular weight excluding hydrogens is 313 g/mol. The molecule has 0 aliphatic rings. The van der Waals surface area contributed by atoms with Crippen LogP contribution in [-0.4, -0.2) is 24.8 Å². The molecule has 23 heavy (non-hydrogen) atoms. The van der Waals surface area contributed by atoms with Crippen molar-refractivity contribution >= 4 is 17.7 Å². The molecule has 3 nitrogen and oxygen atoms in total. The zero-order valence-electron chi connectivity index (χ0n) is 13.2. The molecule has 0 radical (unpaired) electrons. The Hall–Kier alpha value is -2.01. The van der Waals surface area contributed by atoms with Gasteiger partial charge in [0.05, 0.1) is 12.4 Å². The molecule has 0 fully saturated rings. The van der Waals surface area contributed by atoms with E-state index in [0.29, 0.717) is 13.0 Å². The molecule has 2 aromatic rings. The van der Waals surface area contributed by atoms with Crippen LogP contribution < -0.4 is 10.1 Å². The summed E-state index contributed by atoms with van der Waals surface area (Å²) in [7, 11) is 1.62. The minimum absolute atomic E-state index is 0.00655. The average molecular weight is 333 g/mol. The molecule has 2 rings (SSSR count). The van der Waals surface area contributed by atoms with Gasteiger partial charge >= 0.3 is 0 Å². The van der Waals surface area contributed by atoms with Crippen molar-refractivity contribution in [1.29, 1.82) is 0 Å². The number of halogens is 1. The zero-order chi connectivity index (χ0) is 16.7. The Morgan fingerprint density at radius 3 is 2.43 bits per heavy atom. The highest BCUT2D eigenvalue weighted by Gasteiger charge is 2.13. The highest BCUT2D eigenvalue weighted by atomic mass is 32.2. The van der Waals surface area contributed by atoms with Crippen LogP contribution in [0.15, 0.2) is 53.4 Å². The number of nitrogens with one attached hydrogen (secondary N) is 1. The van der Waals surface area contributed by atoms with Crippen LogP contribution in [0.4, 0.5) is 4.39 Å². The van der Waals surface area contributed by atoms with Crippen LogP contribution in [0.1, 0.15) is 12.5 Å². The van der Waals surface area contributed by atoms with E-state index < -0.39 is 0 Å². The Balaban J connectivity index is 1.76. The summed E-state index contributed by atoms with van der Waals surface area (Å²) in [6, 6.07) is 14.0. The molecule has 5 heteroatoms. The van der Waals surface area contributed by atoms with Crippen molar-refractivity contribution in [1.82, 2.24) is 5.32 Å². The fraction of sp³-hybridized carbons (Fsp3) is 0.278. The number of hydrogen-bond donors (Lipinski definition) is 1. The molecule has 2 aromatic carbocycles. The third kappa shape index (κ3) is 5.60. The molecule has 1 amide bonds. The minimum atomic E-state index is -0.248. The fourth-order valence-corrected chi connectivity index (χ4v) is 2.93. The summed E-state index contributed by atoms with van der Waals surface area (Å²) < 4.78 is 17.9. The number of rotatable bonds is 7.